The van der Waals surface area contributed by atoms with Gasteiger partial charge in [0.15, 0.2) is 0 Å². The lowest BCUT2D eigenvalue weighted by Crippen LogP contribution is -2.41. The van der Waals surface area contributed by atoms with E-state index in [1.807, 2.05) is 12.1 Å². The first-order chi connectivity index (χ1) is 10.7. The first-order valence-corrected chi connectivity index (χ1v) is 7.70. The maximum absolute atomic E-state index is 9.26. The smallest absolute Gasteiger partial charge is 0.251 e. The Kier molecular flexibility index (Phi) is 11.9. The zero-order valence-electron chi connectivity index (χ0n) is 13.5. The van der Waals surface area contributed by atoms with Gasteiger partial charge in [0.1, 0.15) is 18.9 Å². The quantitative estimate of drug-likeness (QED) is 0.166. The zero-order chi connectivity index (χ0) is 16.7. The van der Waals surface area contributed by atoms with Crippen LogP contribution in [0.5, 0.6) is 0 Å². The van der Waals surface area contributed by atoms with Crippen LogP contribution in [0.1, 0.15) is 58.3 Å². The van der Waals surface area contributed by atoms with Gasteiger partial charge in [0.25, 0.3) is 5.60 Å². The molecule has 0 aliphatic carbocycles. The second-order valence-electron chi connectivity index (χ2n) is 5.14. The van der Waals surface area contributed by atoms with Gasteiger partial charge in [0.05, 0.1) is 6.04 Å². The van der Waals surface area contributed by atoms with Crippen LogP contribution in [-0.4, -0.2) is 25.5 Å². The molecule has 122 valence electrons. The molecule has 0 aromatic heterocycles. The summed E-state index contributed by atoms with van der Waals surface area (Å²) in [5.41, 5.74) is 6.88. The molecule has 0 aliphatic rings. The molecule has 7 nitrogen and oxygen atoms in total. The number of ether oxygens (including phenoxy) is 2. The third-order valence-corrected chi connectivity index (χ3v) is 3.48. The van der Waals surface area contributed by atoms with E-state index in [0.29, 0.717) is 6.42 Å². The van der Waals surface area contributed by atoms with Crippen LogP contribution in [-0.2, 0) is 9.47 Å². The number of rotatable bonds is 13. The average molecular weight is 307 g/mol. The van der Waals surface area contributed by atoms with E-state index in [9.17, 15) is 10.5 Å². The fourth-order valence-corrected chi connectivity index (χ4v) is 2.19. The normalized spacial score (nSPS) is 12.0. The van der Waals surface area contributed by atoms with E-state index in [2.05, 4.69) is 16.9 Å². The lowest BCUT2D eigenvalue weighted by Gasteiger charge is -2.25. The lowest BCUT2D eigenvalue weighted by atomic mass is 9.92. The monoisotopic (exact) mass is 307 g/mol. The summed E-state index contributed by atoms with van der Waals surface area (Å²) in [4.78, 5) is 2.75. The van der Waals surface area contributed by atoms with Gasteiger partial charge in [-0.3, -0.25) is 0 Å². The molecule has 0 aromatic rings. The van der Waals surface area contributed by atoms with Crippen molar-refractivity contribution in [1.82, 2.24) is 0 Å². The topological polar surface area (TPSA) is 115 Å². The highest BCUT2D eigenvalue weighted by atomic mass is 16.7. The minimum atomic E-state index is -1.79. The number of nitrogens with zero attached hydrogens (tertiary/aromatic N) is 5. The van der Waals surface area contributed by atoms with Crippen molar-refractivity contribution in [2.75, 3.05) is 13.9 Å². The molecule has 0 saturated carbocycles. The van der Waals surface area contributed by atoms with Gasteiger partial charge in [-0.15, -0.1) is 0 Å². The van der Waals surface area contributed by atoms with Crippen molar-refractivity contribution in [3.05, 3.63) is 10.4 Å². The Morgan fingerprint density at radius 2 is 1.73 bits per heavy atom. The van der Waals surface area contributed by atoms with Gasteiger partial charge in [0, 0.05) is 12.0 Å². The SMILES string of the molecule is CCCCCCCCCC(N=[N+]=[N-])C(C#N)(C#N)OCOC. The third-order valence-electron chi connectivity index (χ3n) is 3.48. The predicted molar refractivity (Wildman–Crippen MR) is 82.5 cm³/mol. The van der Waals surface area contributed by atoms with Crippen molar-refractivity contribution in [1.29, 1.82) is 10.5 Å². The summed E-state index contributed by atoms with van der Waals surface area (Å²) in [5, 5.41) is 22.1. The second kappa shape index (κ2) is 12.9. The molecule has 0 aromatic carbocycles. The first kappa shape index (κ1) is 20.2. The van der Waals surface area contributed by atoms with E-state index < -0.39 is 11.6 Å². The number of hydrogen-bond donors (Lipinski definition) is 0. The van der Waals surface area contributed by atoms with Gasteiger partial charge >= 0.3 is 0 Å². The Morgan fingerprint density at radius 3 is 2.23 bits per heavy atom. The van der Waals surface area contributed by atoms with Crippen LogP contribution in [0.15, 0.2) is 5.11 Å². The summed E-state index contributed by atoms with van der Waals surface area (Å²) in [6.45, 7) is 1.98. The minimum absolute atomic E-state index is 0.199. The van der Waals surface area contributed by atoms with Gasteiger partial charge in [0.2, 0.25) is 0 Å². The molecule has 0 amide bonds. The molecule has 1 atom stereocenters. The fourth-order valence-electron chi connectivity index (χ4n) is 2.19. The van der Waals surface area contributed by atoms with Crippen molar-refractivity contribution >= 4 is 0 Å². The van der Waals surface area contributed by atoms with E-state index in [1.165, 1.54) is 32.8 Å². The molecular formula is C15H25N5O2. The van der Waals surface area contributed by atoms with Gasteiger partial charge in [-0.2, -0.15) is 10.5 Å². The Labute approximate surface area is 132 Å². The molecule has 22 heavy (non-hydrogen) atoms. The largest absolute Gasteiger partial charge is 0.359 e. The summed E-state index contributed by atoms with van der Waals surface area (Å²) in [7, 11) is 1.40. The molecule has 0 heterocycles. The third kappa shape index (κ3) is 7.28. The molecule has 0 bridgehead atoms. The van der Waals surface area contributed by atoms with E-state index in [1.54, 1.807) is 0 Å². The Bertz CT molecular complexity index is 407. The van der Waals surface area contributed by atoms with Crippen molar-refractivity contribution in [3.63, 3.8) is 0 Å². The first-order valence-electron chi connectivity index (χ1n) is 7.70. The molecule has 0 rings (SSSR count). The standard InChI is InChI=1S/C15H25N5O2/c1-3-4-5-6-7-8-9-10-14(19-20-18)15(11-16,12-17)22-13-21-2/h14H,3-10,13H2,1-2H3. The van der Waals surface area contributed by atoms with Gasteiger partial charge in [-0.1, -0.05) is 57.0 Å². The maximum atomic E-state index is 9.26. The van der Waals surface area contributed by atoms with Crippen molar-refractivity contribution in [2.24, 2.45) is 5.11 Å². The van der Waals surface area contributed by atoms with E-state index >= 15 is 0 Å². The van der Waals surface area contributed by atoms with Gasteiger partial charge < -0.3 is 9.47 Å². The highest BCUT2D eigenvalue weighted by molar-refractivity contribution is 5.23. The fraction of sp³-hybridized carbons (Fsp3) is 0.867. The average Bonchev–Trinajstić information content (AvgIpc) is 2.55. The summed E-state index contributed by atoms with van der Waals surface area (Å²) < 4.78 is 9.94. The van der Waals surface area contributed by atoms with E-state index in [0.717, 1.165) is 19.3 Å². The molecule has 0 saturated heterocycles. The highest BCUT2D eigenvalue weighted by Crippen LogP contribution is 2.24. The van der Waals surface area contributed by atoms with E-state index in [-0.39, 0.29) is 6.79 Å². The number of hydrogen-bond acceptors (Lipinski definition) is 5. The van der Waals surface area contributed by atoms with Gasteiger partial charge in [-0.25, -0.2) is 0 Å². The number of methoxy groups -OCH3 is 1. The summed E-state index contributed by atoms with van der Waals surface area (Å²) in [6.07, 6.45) is 8.20. The molecule has 0 aliphatic heterocycles. The van der Waals surface area contributed by atoms with Crippen LogP contribution in [0.2, 0.25) is 0 Å². The summed E-state index contributed by atoms with van der Waals surface area (Å²) in [6, 6.07) is 2.82. The summed E-state index contributed by atoms with van der Waals surface area (Å²) >= 11 is 0. The predicted octanol–water partition coefficient (Wildman–Crippen LogP) is 4.21. The molecular weight excluding hydrogens is 282 g/mol. The number of nitriles is 2. The van der Waals surface area contributed by atoms with Crippen molar-refractivity contribution < 1.29 is 9.47 Å². The maximum Gasteiger partial charge on any atom is 0.251 e. The Morgan fingerprint density at radius 1 is 1.14 bits per heavy atom. The van der Waals surface area contributed by atoms with Crippen molar-refractivity contribution in [3.8, 4) is 12.1 Å². The second-order valence-corrected chi connectivity index (χ2v) is 5.14. The molecule has 7 heteroatoms. The Hall–Kier alpha value is -1.79. The molecule has 0 radical (unpaired) electrons. The van der Waals surface area contributed by atoms with Crippen LogP contribution in [0.3, 0.4) is 0 Å². The van der Waals surface area contributed by atoms with Crippen LogP contribution in [0.4, 0.5) is 0 Å². The number of azide groups is 1. The molecule has 0 N–H and O–H groups in total. The van der Waals surface area contributed by atoms with E-state index in [4.69, 9.17) is 15.0 Å². The van der Waals surface area contributed by atoms with Crippen LogP contribution in [0, 0.1) is 22.7 Å². The lowest BCUT2D eigenvalue weighted by molar-refractivity contribution is -0.0900. The minimum Gasteiger partial charge on any atom is -0.359 e. The van der Waals surface area contributed by atoms with Crippen LogP contribution in [0.25, 0.3) is 10.4 Å². The molecule has 0 spiro atoms. The zero-order valence-corrected chi connectivity index (χ0v) is 13.5. The van der Waals surface area contributed by atoms with Crippen LogP contribution < -0.4 is 0 Å². The van der Waals surface area contributed by atoms with Crippen LogP contribution >= 0.6 is 0 Å². The Balaban J connectivity index is 4.47. The van der Waals surface area contributed by atoms with Gasteiger partial charge in [-0.05, 0) is 12.0 Å². The van der Waals surface area contributed by atoms with Crippen molar-refractivity contribution in [2.45, 2.75) is 69.9 Å². The molecule has 1 unspecified atom stereocenters. The molecule has 0 fully saturated rings. The summed E-state index contributed by atoms with van der Waals surface area (Å²) in [5.74, 6) is 0. The number of unbranched alkanes of at least 4 members (excludes halogenated alkanes) is 6. The highest BCUT2D eigenvalue weighted by Gasteiger charge is 2.40.